The van der Waals surface area contributed by atoms with Crippen LogP contribution in [0.2, 0.25) is 0 Å². The van der Waals surface area contributed by atoms with Crippen LogP contribution in [0.25, 0.3) is 33.7 Å². The third-order valence-corrected chi connectivity index (χ3v) is 8.74. The molecule has 5 aromatic rings. The summed E-state index contributed by atoms with van der Waals surface area (Å²) in [6.45, 7) is 11.9. The number of allylic oxidation sites excluding steroid dienone is 4. The quantitative estimate of drug-likeness (QED) is 0.161. The van der Waals surface area contributed by atoms with Gasteiger partial charge < -0.3 is 24.8 Å². The maximum atomic E-state index is 12.5. The summed E-state index contributed by atoms with van der Waals surface area (Å²) in [5, 5.41) is 5.15. The normalized spacial score (nSPS) is 13.6. The van der Waals surface area contributed by atoms with Gasteiger partial charge in [0.15, 0.2) is 0 Å². The van der Waals surface area contributed by atoms with Crippen molar-refractivity contribution in [2.24, 2.45) is 5.92 Å². The van der Waals surface area contributed by atoms with E-state index in [1.165, 1.54) is 51.4 Å². The van der Waals surface area contributed by atoms with E-state index >= 15 is 0 Å². The zero-order valence-corrected chi connectivity index (χ0v) is 30.0. The van der Waals surface area contributed by atoms with Crippen molar-refractivity contribution in [3.8, 4) is 0 Å². The predicted molar refractivity (Wildman–Crippen MR) is 174 cm³/mol. The average Bonchev–Trinajstić information content (AvgIpc) is 3.60. The number of halogens is 8. The second kappa shape index (κ2) is 17.3. The molecule has 0 amide bonds. The molecule has 0 saturated carbocycles. The molecule has 9 heteroatoms. The third-order valence-electron chi connectivity index (χ3n) is 7.32. The molecule has 0 aromatic heterocycles. The molecular formula is C39H30Cl2F6Zr-2. The maximum absolute atomic E-state index is 12.5. The summed E-state index contributed by atoms with van der Waals surface area (Å²) < 4.78 is 75.6. The van der Waals surface area contributed by atoms with Gasteiger partial charge in [-0.05, 0) is 11.1 Å². The SMILES string of the molecule is C=Cc1ccc2[cH-]c3ccc(C=C)cc3c2c1.CC1=CC(C)[C-]=C1.FC(F)(F)c1ccc([C](=[Zr+2])c2ccc(C(F)(F)F)cc2)cc1.[Cl-].[Cl-]. The molecule has 0 fully saturated rings. The summed E-state index contributed by atoms with van der Waals surface area (Å²) in [6, 6.07) is 24.3. The van der Waals surface area contributed by atoms with Crippen molar-refractivity contribution in [3.05, 3.63) is 161 Å². The molecule has 0 nitrogen and oxygen atoms in total. The largest absolute Gasteiger partial charge is 1.00 e. The molecule has 6 rings (SSSR count). The molecule has 0 saturated heterocycles. The van der Waals surface area contributed by atoms with Crippen molar-refractivity contribution in [1.29, 1.82) is 0 Å². The Morgan fingerprint density at radius 3 is 1.38 bits per heavy atom. The molecule has 48 heavy (non-hydrogen) atoms. The summed E-state index contributed by atoms with van der Waals surface area (Å²) in [5.41, 5.74) is 3.27. The summed E-state index contributed by atoms with van der Waals surface area (Å²) >= 11 is 0.898. The zero-order valence-electron chi connectivity index (χ0n) is 26.0. The van der Waals surface area contributed by atoms with E-state index in [-0.39, 0.29) is 24.8 Å². The van der Waals surface area contributed by atoms with Gasteiger partial charge in [-0.2, -0.15) is 6.08 Å². The first-order valence-corrected chi connectivity index (χ1v) is 15.5. The van der Waals surface area contributed by atoms with Crippen molar-refractivity contribution >= 4 is 36.9 Å². The van der Waals surface area contributed by atoms with Crippen LogP contribution in [0.5, 0.6) is 0 Å². The molecular weight excluding hydrogens is 745 g/mol. The monoisotopic (exact) mass is 772 g/mol. The number of benzene rings is 4. The van der Waals surface area contributed by atoms with Crippen LogP contribution in [-0.2, 0) is 36.6 Å². The van der Waals surface area contributed by atoms with Gasteiger partial charge in [0.1, 0.15) is 0 Å². The fourth-order valence-corrected chi connectivity index (χ4v) is 5.68. The first-order chi connectivity index (χ1) is 21.7. The molecule has 0 aliphatic heterocycles. The van der Waals surface area contributed by atoms with Gasteiger partial charge >= 0.3 is 137 Å². The van der Waals surface area contributed by atoms with E-state index in [4.69, 9.17) is 0 Å². The maximum Gasteiger partial charge on any atom is -1.00 e. The number of hydrogen-bond donors (Lipinski definition) is 0. The Hall–Kier alpha value is -3.38. The first kappa shape index (κ1) is 40.8. The van der Waals surface area contributed by atoms with Crippen molar-refractivity contribution in [2.75, 3.05) is 0 Å². The Labute approximate surface area is 304 Å². The van der Waals surface area contributed by atoms with Gasteiger partial charge in [-0.25, -0.2) is 11.6 Å². The van der Waals surface area contributed by atoms with E-state index in [1.54, 1.807) is 0 Å². The fraction of sp³-hybridized carbons (Fsp3) is 0.128. The van der Waals surface area contributed by atoms with Gasteiger partial charge in [0.05, 0.1) is 0 Å². The van der Waals surface area contributed by atoms with Gasteiger partial charge in [0.2, 0.25) is 0 Å². The Morgan fingerprint density at radius 2 is 1.10 bits per heavy atom. The van der Waals surface area contributed by atoms with Crippen molar-refractivity contribution < 1.29 is 75.4 Å². The molecule has 0 N–H and O–H groups in total. The fourth-order valence-electron chi connectivity index (χ4n) is 4.86. The molecule has 0 heterocycles. The molecule has 248 valence electrons. The topological polar surface area (TPSA) is 0 Å². The predicted octanol–water partition coefficient (Wildman–Crippen LogP) is 5.79. The molecule has 0 spiro atoms. The molecule has 1 unspecified atom stereocenters. The van der Waals surface area contributed by atoms with Crippen LogP contribution in [0.4, 0.5) is 26.3 Å². The molecule has 5 aromatic carbocycles. The minimum atomic E-state index is -4.41. The van der Waals surface area contributed by atoms with Crippen molar-refractivity contribution in [1.82, 2.24) is 0 Å². The third kappa shape index (κ3) is 10.6. The van der Waals surface area contributed by atoms with E-state index in [2.05, 4.69) is 81.6 Å². The van der Waals surface area contributed by atoms with Crippen molar-refractivity contribution in [2.45, 2.75) is 26.2 Å². The van der Waals surface area contributed by atoms with E-state index in [0.29, 0.717) is 20.3 Å². The number of rotatable bonds is 4. The smallest absolute Gasteiger partial charge is 1.00 e. The second-order valence-electron chi connectivity index (χ2n) is 10.8. The van der Waals surface area contributed by atoms with Gasteiger partial charge in [0.25, 0.3) is 0 Å². The van der Waals surface area contributed by atoms with E-state index in [0.717, 1.165) is 59.6 Å². The van der Waals surface area contributed by atoms with Crippen LogP contribution in [-0.4, -0.2) is 3.21 Å². The van der Waals surface area contributed by atoms with Crippen LogP contribution in [0.1, 0.15) is 47.2 Å². The second-order valence-corrected chi connectivity index (χ2v) is 12.0. The molecule has 0 radical (unpaired) electrons. The number of hydrogen-bond acceptors (Lipinski definition) is 0. The first-order valence-electron chi connectivity index (χ1n) is 14.3. The minimum absolute atomic E-state index is 0. The van der Waals surface area contributed by atoms with Crippen LogP contribution in [0.15, 0.2) is 122 Å². The number of alkyl halides is 6. The van der Waals surface area contributed by atoms with Crippen LogP contribution in [0, 0.1) is 12.0 Å². The van der Waals surface area contributed by atoms with Crippen LogP contribution >= 0.6 is 0 Å². The molecule has 1 atom stereocenters. The Morgan fingerprint density at radius 1 is 0.708 bits per heavy atom. The van der Waals surface area contributed by atoms with E-state index in [9.17, 15) is 26.3 Å². The van der Waals surface area contributed by atoms with Gasteiger partial charge in [-0.3, -0.25) is 6.08 Å². The van der Waals surface area contributed by atoms with Gasteiger partial charge in [0, 0.05) is 0 Å². The van der Waals surface area contributed by atoms with E-state index < -0.39 is 23.5 Å². The molecule has 1 aliphatic rings. The Kier molecular flexibility index (Phi) is 14.7. The van der Waals surface area contributed by atoms with Gasteiger partial charge in [-0.1, -0.05) is 62.4 Å². The van der Waals surface area contributed by atoms with Crippen LogP contribution < -0.4 is 24.8 Å². The standard InChI is InChI=1S/C17H13.C15H8F6.C7H9.2ClH.Zr/c1-3-12-5-7-14-11-15-8-6-13(4-2)10-17(15)16(14)9-12;16-14(17,18)12-5-1-10(2-6-12)9-11-3-7-13(8-4-11)15(19,20)21;1-6-3-4-7(2)5-6;;;/h3-11H,1-2H2;1-8H;3,5,7H,1-2H3;2*1H;/q-1;;-1;;;+2/p-2. The summed E-state index contributed by atoms with van der Waals surface area (Å²) in [7, 11) is 0. The van der Waals surface area contributed by atoms with Crippen molar-refractivity contribution in [3.63, 3.8) is 0 Å². The Balaban J connectivity index is 0.000000272. The average molecular weight is 775 g/mol. The number of fused-ring (bicyclic) bond motifs is 3. The zero-order chi connectivity index (χ0) is 33.6. The molecule has 1 aliphatic carbocycles. The van der Waals surface area contributed by atoms with E-state index in [1.807, 2.05) is 18.2 Å². The minimum Gasteiger partial charge on any atom is -1.00 e. The van der Waals surface area contributed by atoms with Crippen LogP contribution in [0.3, 0.4) is 0 Å². The summed E-state index contributed by atoms with van der Waals surface area (Å²) in [5.74, 6) is 0.556. The summed E-state index contributed by atoms with van der Waals surface area (Å²) in [4.78, 5) is 0. The molecule has 0 bridgehead atoms. The van der Waals surface area contributed by atoms with Gasteiger partial charge in [-0.15, -0.1) is 46.7 Å². The summed E-state index contributed by atoms with van der Waals surface area (Å²) in [6.07, 6.45) is 2.33. The Bertz CT molecular complexity index is 1810.